The van der Waals surface area contributed by atoms with Gasteiger partial charge in [-0.25, -0.2) is 18.6 Å². The number of thioether (sulfide) groups is 1. The molecule has 1 fully saturated rings. The van der Waals surface area contributed by atoms with Crippen molar-refractivity contribution in [3.63, 3.8) is 0 Å². The number of halogens is 3. The Morgan fingerprint density at radius 1 is 0.980 bits per heavy atom. The summed E-state index contributed by atoms with van der Waals surface area (Å²) >= 11 is 7.37. The lowest BCUT2D eigenvalue weighted by Gasteiger charge is -2.31. The fourth-order valence-electron chi connectivity index (χ4n) is 6.08. The number of carbonyl (C=O) groups is 2. The molecule has 3 atom stereocenters. The van der Waals surface area contributed by atoms with Crippen molar-refractivity contribution < 1.29 is 27.8 Å². The molecular formula is C37H36ClF2N5O4S. The molecular weight excluding hydrogens is 684 g/mol. The molecule has 2 amide bonds. The van der Waals surface area contributed by atoms with Gasteiger partial charge in [-0.2, -0.15) is 0 Å². The van der Waals surface area contributed by atoms with Crippen LogP contribution in [0.4, 0.5) is 19.3 Å². The third-order valence-corrected chi connectivity index (χ3v) is 9.81. The molecule has 13 heteroatoms. The largest absolute Gasteiger partial charge is 0.453 e. The lowest BCUT2D eigenvalue weighted by Crippen LogP contribution is -2.48. The Labute approximate surface area is 297 Å². The maximum atomic E-state index is 15.4. The molecule has 1 saturated heterocycles. The van der Waals surface area contributed by atoms with Gasteiger partial charge < -0.3 is 30.4 Å². The number of ether oxygens (including phenoxy) is 2. The molecule has 0 radical (unpaired) electrons. The number of methoxy groups -OCH3 is 1. The number of morpholine rings is 1. The minimum absolute atomic E-state index is 0.0190. The number of aromatic nitrogens is 2. The van der Waals surface area contributed by atoms with Gasteiger partial charge in [0, 0.05) is 30.8 Å². The average molecular weight is 720 g/mol. The van der Waals surface area contributed by atoms with Gasteiger partial charge in [0.25, 0.3) is 0 Å². The first kappa shape index (κ1) is 35.3. The van der Waals surface area contributed by atoms with E-state index in [9.17, 15) is 14.0 Å². The van der Waals surface area contributed by atoms with E-state index in [-0.39, 0.29) is 22.9 Å². The molecule has 5 aromatic rings. The summed E-state index contributed by atoms with van der Waals surface area (Å²) in [5.41, 5.74) is 3.37. The van der Waals surface area contributed by atoms with Crippen molar-refractivity contribution in [1.29, 1.82) is 0 Å². The van der Waals surface area contributed by atoms with Crippen molar-refractivity contribution in [2.75, 3.05) is 31.3 Å². The van der Waals surface area contributed by atoms with E-state index in [2.05, 4.69) is 25.9 Å². The number of rotatable bonds is 12. The first-order valence-electron chi connectivity index (χ1n) is 16.2. The molecule has 0 bridgehead atoms. The van der Waals surface area contributed by atoms with Gasteiger partial charge in [-0.1, -0.05) is 96.2 Å². The highest BCUT2D eigenvalue weighted by atomic mass is 35.5. The molecule has 50 heavy (non-hydrogen) atoms. The second-order valence-corrected chi connectivity index (χ2v) is 13.3. The van der Waals surface area contributed by atoms with Gasteiger partial charge in [0.05, 0.1) is 41.1 Å². The van der Waals surface area contributed by atoms with Crippen LogP contribution in [0.1, 0.15) is 29.0 Å². The molecule has 4 aromatic carbocycles. The molecule has 1 aliphatic rings. The second kappa shape index (κ2) is 16.5. The van der Waals surface area contributed by atoms with Crippen molar-refractivity contribution in [3.05, 3.63) is 124 Å². The number of imidazole rings is 1. The number of para-hydroxylation sites is 1. The molecule has 2 heterocycles. The molecule has 260 valence electrons. The Hall–Kier alpha value is -4.49. The third-order valence-electron chi connectivity index (χ3n) is 8.51. The first-order chi connectivity index (χ1) is 24.3. The van der Waals surface area contributed by atoms with E-state index in [1.165, 1.54) is 37.1 Å². The number of benzene rings is 4. The van der Waals surface area contributed by atoms with E-state index >= 15 is 4.39 Å². The number of aryl methyl sites for hydroxylation is 1. The number of amides is 2. The highest BCUT2D eigenvalue weighted by Gasteiger charge is 2.34. The monoisotopic (exact) mass is 719 g/mol. The van der Waals surface area contributed by atoms with E-state index in [0.717, 1.165) is 11.1 Å². The number of fused-ring (bicyclic) bond motifs is 1. The first-order valence-corrected chi connectivity index (χ1v) is 17.5. The van der Waals surface area contributed by atoms with E-state index < -0.39 is 35.6 Å². The summed E-state index contributed by atoms with van der Waals surface area (Å²) in [5, 5.41) is 9.55. The van der Waals surface area contributed by atoms with Crippen LogP contribution in [0.5, 0.6) is 0 Å². The minimum atomic E-state index is -1.13. The Morgan fingerprint density at radius 3 is 2.38 bits per heavy atom. The normalized spacial score (nSPS) is 16.7. The smallest absolute Gasteiger partial charge is 0.407 e. The van der Waals surface area contributed by atoms with Crippen LogP contribution in [0.3, 0.4) is 0 Å². The van der Waals surface area contributed by atoms with Crippen LogP contribution in [0.25, 0.3) is 11.0 Å². The van der Waals surface area contributed by atoms with Crippen LogP contribution in [0.15, 0.2) is 96.2 Å². The second-order valence-electron chi connectivity index (χ2n) is 11.9. The summed E-state index contributed by atoms with van der Waals surface area (Å²) < 4.78 is 40.6. The number of alkyl carbamates (subject to hydrolysis) is 1. The summed E-state index contributed by atoms with van der Waals surface area (Å²) in [6.07, 6.45) is -0.102. The zero-order chi connectivity index (χ0) is 35.0. The number of hydrogen-bond acceptors (Lipinski definition) is 7. The molecule has 1 unspecified atom stereocenters. The van der Waals surface area contributed by atoms with Crippen molar-refractivity contribution >= 4 is 52.1 Å². The number of H-pyrrole nitrogens is 1. The minimum Gasteiger partial charge on any atom is -0.453 e. The van der Waals surface area contributed by atoms with Crippen LogP contribution in [0.2, 0.25) is 5.02 Å². The molecule has 0 saturated carbocycles. The van der Waals surface area contributed by atoms with E-state index in [0.29, 0.717) is 53.4 Å². The predicted octanol–water partition coefficient (Wildman–Crippen LogP) is 7.07. The topological polar surface area (TPSA) is 117 Å². The molecule has 4 N–H and O–H groups in total. The summed E-state index contributed by atoms with van der Waals surface area (Å²) in [5.74, 6) is -1.69. The zero-order valence-electron chi connectivity index (χ0n) is 27.1. The molecule has 9 nitrogen and oxygen atoms in total. The Morgan fingerprint density at radius 2 is 1.68 bits per heavy atom. The van der Waals surface area contributed by atoms with Gasteiger partial charge in [0.2, 0.25) is 5.91 Å². The van der Waals surface area contributed by atoms with Crippen molar-refractivity contribution in [2.45, 2.75) is 42.2 Å². The van der Waals surface area contributed by atoms with Gasteiger partial charge >= 0.3 is 6.09 Å². The van der Waals surface area contributed by atoms with Crippen LogP contribution >= 0.6 is 23.4 Å². The van der Waals surface area contributed by atoms with Gasteiger partial charge in [-0.05, 0) is 41.7 Å². The highest BCUT2D eigenvalue weighted by molar-refractivity contribution is 7.99. The molecule has 1 aromatic heterocycles. The fourth-order valence-corrected chi connectivity index (χ4v) is 7.13. The summed E-state index contributed by atoms with van der Waals surface area (Å²) in [6, 6.07) is 25.0. The van der Waals surface area contributed by atoms with Crippen molar-refractivity contribution in [2.24, 2.45) is 0 Å². The third kappa shape index (κ3) is 8.62. The fraction of sp³-hybridized carbons (Fsp3) is 0.270. The molecule has 0 spiro atoms. The predicted molar refractivity (Wildman–Crippen MR) is 191 cm³/mol. The van der Waals surface area contributed by atoms with Crippen LogP contribution < -0.4 is 16.0 Å². The number of aromatic amines is 1. The quantitative estimate of drug-likeness (QED) is 0.102. The van der Waals surface area contributed by atoms with Gasteiger partial charge in [-0.15, -0.1) is 0 Å². The Kier molecular flexibility index (Phi) is 11.6. The van der Waals surface area contributed by atoms with Crippen molar-refractivity contribution in [1.82, 2.24) is 20.6 Å². The Balaban J connectivity index is 1.14. The van der Waals surface area contributed by atoms with Crippen LogP contribution in [0, 0.1) is 11.6 Å². The number of nitrogens with zero attached hydrogens (tertiary/aromatic N) is 1. The summed E-state index contributed by atoms with van der Waals surface area (Å²) in [4.78, 5) is 34.2. The average Bonchev–Trinajstić information content (AvgIpc) is 3.53. The molecule has 6 rings (SSSR count). The zero-order valence-corrected chi connectivity index (χ0v) is 28.7. The number of hydrogen-bond donors (Lipinski definition) is 4. The molecule has 0 aliphatic carbocycles. The molecule has 1 aliphatic heterocycles. The summed E-state index contributed by atoms with van der Waals surface area (Å²) in [6.45, 7) is 1.26. The lowest BCUT2D eigenvalue weighted by molar-refractivity contribution is -0.118. The van der Waals surface area contributed by atoms with Gasteiger partial charge in [0.15, 0.2) is 5.16 Å². The van der Waals surface area contributed by atoms with Crippen molar-refractivity contribution in [3.8, 4) is 0 Å². The van der Waals surface area contributed by atoms with E-state index in [4.69, 9.17) is 21.1 Å². The maximum Gasteiger partial charge on any atom is 0.407 e. The summed E-state index contributed by atoms with van der Waals surface area (Å²) in [7, 11) is 1.22. The SMILES string of the molecule is COC(=O)NC(C(=O)Nc1c(F)cccc1CC[C@@H]1CNC[C@@H](CSc2nc3cc(Cl)c(F)cc3[nH]2)O1)C(c1ccccc1)c1ccccc1. The van der Waals surface area contributed by atoms with Gasteiger partial charge in [0.1, 0.15) is 17.7 Å². The van der Waals surface area contributed by atoms with E-state index in [1.54, 1.807) is 12.1 Å². The number of nitrogens with one attached hydrogen (secondary N) is 4. The Bertz CT molecular complexity index is 1860. The maximum absolute atomic E-state index is 15.4. The van der Waals surface area contributed by atoms with Crippen LogP contribution in [-0.4, -0.2) is 66.2 Å². The standard InChI is InChI=1S/C37H36ClF2N5O4S/c1-48-37(47)45-34(32(22-9-4-2-5-10-22)23-11-6-3-7-12-23)35(46)44-33-24(13-8-14-28(33)39)15-16-25-19-41-20-26(49-25)21-50-36-42-30-17-27(38)29(40)18-31(30)43-36/h2-14,17-18,25-26,32,34,41H,15-16,19-21H2,1H3,(H,42,43)(H,44,46)(H,45,47)/t25-,26+,34?/m1/s1. The van der Waals surface area contributed by atoms with E-state index in [1.807, 2.05) is 60.7 Å². The number of carbonyl (C=O) groups excluding carboxylic acids is 2. The van der Waals surface area contributed by atoms with Gasteiger partial charge in [-0.3, -0.25) is 4.79 Å². The van der Waals surface area contributed by atoms with Crippen LogP contribution in [-0.2, 0) is 20.7 Å². The highest BCUT2D eigenvalue weighted by Crippen LogP contribution is 2.31. The number of anilines is 1. The lowest BCUT2D eigenvalue weighted by atomic mass is 9.84.